The van der Waals surface area contributed by atoms with Crippen molar-refractivity contribution < 1.29 is 19.0 Å². The molecular formula is C18H23NO4. The molecule has 3 aliphatic heterocycles. The summed E-state index contributed by atoms with van der Waals surface area (Å²) in [6.07, 6.45) is 2.72. The summed E-state index contributed by atoms with van der Waals surface area (Å²) in [6.45, 7) is 9.31. The summed E-state index contributed by atoms with van der Waals surface area (Å²) in [5.74, 6) is 1.15. The highest BCUT2D eigenvalue weighted by Crippen LogP contribution is 2.49. The van der Waals surface area contributed by atoms with Crippen LogP contribution in [0.3, 0.4) is 0 Å². The van der Waals surface area contributed by atoms with Crippen molar-refractivity contribution in [2.75, 3.05) is 13.2 Å². The van der Waals surface area contributed by atoms with Crippen molar-refractivity contribution in [2.45, 2.75) is 52.4 Å². The maximum Gasteiger partial charge on any atom is 0.338 e. The Bertz CT molecular complexity index is 660. The molecule has 1 aliphatic carbocycles. The van der Waals surface area contributed by atoms with Crippen LogP contribution in [0.4, 0.5) is 0 Å². The Morgan fingerprint density at radius 2 is 2.17 bits per heavy atom. The second-order valence-electron chi connectivity index (χ2n) is 6.84. The predicted octanol–water partition coefficient (Wildman–Crippen LogP) is 2.50. The molecule has 0 amide bonds. The van der Waals surface area contributed by atoms with Crippen LogP contribution in [-0.4, -0.2) is 42.3 Å². The molecule has 0 N–H and O–H groups in total. The first-order chi connectivity index (χ1) is 11.0. The van der Waals surface area contributed by atoms with E-state index in [1.165, 1.54) is 11.1 Å². The van der Waals surface area contributed by atoms with Gasteiger partial charge in [-0.05, 0) is 44.3 Å². The van der Waals surface area contributed by atoms with Gasteiger partial charge in [0.05, 0.1) is 23.9 Å². The molecule has 4 aliphatic rings. The maximum atomic E-state index is 12.3. The fourth-order valence-electron chi connectivity index (χ4n) is 3.77. The highest BCUT2D eigenvalue weighted by atomic mass is 16.6. The van der Waals surface area contributed by atoms with Crippen molar-refractivity contribution in [2.24, 2.45) is 5.92 Å². The summed E-state index contributed by atoms with van der Waals surface area (Å²) >= 11 is 0. The first-order valence-electron chi connectivity index (χ1n) is 8.42. The fourth-order valence-corrected chi connectivity index (χ4v) is 3.77. The van der Waals surface area contributed by atoms with Crippen LogP contribution >= 0.6 is 0 Å². The first kappa shape index (κ1) is 14.8. The van der Waals surface area contributed by atoms with Gasteiger partial charge in [-0.2, -0.15) is 0 Å². The number of carbonyl (C=O) groups is 1. The number of epoxide rings is 1. The molecule has 0 aromatic carbocycles. The van der Waals surface area contributed by atoms with Crippen LogP contribution in [0.5, 0.6) is 0 Å². The molecule has 0 radical (unpaired) electrons. The molecule has 4 unspecified atom stereocenters. The molecule has 0 aromatic heterocycles. The summed E-state index contributed by atoms with van der Waals surface area (Å²) in [7, 11) is 0. The molecule has 0 spiro atoms. The zero-order chi connectivity index (χ0) is 16.3. The van der Waals surface area contributed by atoms with E-state index in [1.807, 2.05) is 13.1 Å². The second kappa shape index (κ2) is 5.13. The van der Waals surface area contributed by atoms with Gasteiger partial charge in [-0.15, -0.1) is 0 Å². The molecule has 23 heavy (non-hydrogen) atoms. The van der Waals surface area contributed by atoms with Gasteiger partial charge >= 0.3 is 5.97 Å². The third kappa shape index (κ3) is 2.13. The van der Waals surface area contributed by atoms with Gasteiger partial charge in [0.15, 0.2) is 0 Å². The van der Waals surface area contributed by atoms with Crippen molar-refractivity contribution >= 4 is 5.97 Å². The quantitative estimate of drug-likeness (QED) is 0.578. The average molecular weight is 317 g/mol. The van der Waals surface area contributed by atoms with Crippen LogP contribution < -0.4 is 0 Å². The average Bonchev–Trinajstić information content (AvgIpc) is 3.30. The Hall–Kier alpha value is -1.75. The molecule has 0 saturated carbocycles. The molecule has 5 heteroatoms. The monoisotopic (exact) mass is 317 g/mol. The van der Waals surface area contributed by atoms with E-state index in [9.17, 15) is 4.79 Å². The van der Waals surface area contributed by atoms with Crippen molar-refractivity contribution in [3.8, 4) is 0 Å². The number of fused-ring (bicyclic) bond motifs is 2. The van der Waals surface area contributed by atoms with E-state index in [0.29, 0.717) is 24.7 Å². The molecule has 0 aromatic rings. The maximum absolute atomic E-state index is 12.3. The molecule has 124 valence electrons. The summed E-state index contributed by atoms with van der Waals surface area (Å²) in [5.41, 5.74) is 4.30. The van der Waals surface area contributed by atoms with Crippen LogP contribution in [0.1, 0.15) is 34.1 Å². The number of esters is 1. The Morgan fingerprint density at radius 3 is 2.91 bits per heavy atom. The number of ether oxygens (including phenoxy) is 3. The van der Waals surface area contributed by atoms with Crippen LogP contribution in [-0.2, 0) is 19.0 Å². The summed E-state index contributed by atoms with van der Waals surface area (Å²) in [4.78, 5) is 14.5. The van der Waals surface area contributed by atoms with E-state index in [0.717, 1.165) is 17.9 Å². The second-order valence-corrected chi connectivity index (χ2v) is 6.84. The SMILES string of the molecule is CCOC(=O)C1=CN2C3=C(CC(C)C(C)=C3OCC2C)C2OC12. The molecule has 0 bridgehead atoms. The minimum Gasteiger partial charge on any atom is -0.489 e. The number of rotatable bonds is 2. The van der Waals surface area contributed by atoms with E-state index >= 15 is 0 Å². The number of morpholine rings is 1. The van der Waals surface area contributed by atoms with Crippen molar-refractivity contribution in [3.63, 3.8) is 0 Å². The minimum absolute atomic E-state index is 0.00916. The first-order valence-corrected chi connectivity index (χ1v) is 8.42. The molecule has 3 heterocycles. The van der Waals surface area contributed by atoms with E-state index in [1.54, 1.807) is 0 Å². The fraction of sp³-hybridized carbons (Fsp3) is 0.611. The summed E-state index contributed by atoms with van der Waals surface area (Å²) in [6, 6.07) is 0.187. The molecule has 5 nitrogen and oxygen atoms in total. The smallest absolute Gasteiger partial charge is 0.338 e. The normalized spacial score (nSPS) is 35.0. The Kier molecular flexibility index (Phi) is 3.30. The van der Waals surface area contributed by atoms with Crippen molar-refractivity contribution in [3.05, 3.63) is 34.4 Å². The molecule has 4 atom stereocenters. The molecule has 2 saturated heterocycles. The van der Waals surface area contributed by atoms with Gasteiger partial charge in [-0.1, -0.05) is 6.92 Å². The summed E-state index contributed by atoms with van der Waals surface area (Å²) in [5, 5.41) is 0. The standard InChI is InChI=1S/C18H23NO4/c1-5-21-18(20)13-7-19-10(3)8-22-15-11(4)9(2)6-12(14(15)19)16-17(13)23-16/h7,9-10,16-17H,5-6,8H2,1-4H3. The lowest BCUT2D eigenvalue weighted by Crippen LogP contribution is -2.40. The molecular weight excluding hydrogens is 294 g/mol. The molecule has 2 fully saturated rings. The van der Waals surface area contributed by atoms with Crippen LogP contribution in [0.25, 0.3) is 0 Å². The highest BCUT2D eigenvalue weighted by molar-refractivity contribution is 5.90. The summed E-state index contributed by atoms with van der Waals surface area (Å²) < 4.78 is 17.1. The van der Waals surface area contributed by atoms with E-state index in [4.69, 9.17) is 14.2 Å². The number of carbonyl (C=O) groups excluding carboxylic acids is 1. The topological polar surface area (TPSA) is 51.3 Å². The van der Waals surface area contributed by atoms with Gasteiger partial charge in [0, 0.05) is 6.20 Å². The van der Waals surface area contributed by atoms with Crippen molar-refractivity contribution in [1.82, 2.24) is 4.90 Å². The minimum atomic E-state index is -0.270. The van der Waals surface area contributed by atoms with Gasteiger partial charge in [-0.3, -0.25) is 0 Å². The van der Waals surface area contributed by atoms with Gasteiger partial charge in [-0.25, -0.2) is 4.79 Å². The number of allylic oxidation sites excluding steroid dienone is 1. The Balaban J connectivity index is 1.81. The third-order valence-electron chi connectivity index (χ3n) is 5.28. The lowest BCUT2D eigenvalue weighted by atomic mass is 9.83. The van der Waals surface area contributed by atoms with E-state index < -0.39 is 0 Å². The third-order valence-corrected chi connectivity index (χ3v) is 5.28. The lowest BCUT2D eigenvalue weighted by Gasteiger charge is -2.41. The Labute approximate surface area is 136 Å². The van der Waals surface area contributed by atoms with Crippen LogP contribution in [0.15, 0.2) is 34.4 Å². The lowest BCUT2D eigenvalue weighted by molar-refractivity contribution is -0.138. The molecule has 4 rings (SSSR count). The highest BCUT2D eigenvalue weighted by Gasteiger charge is 2.53. The zero-order valence-electron chi connectivity index (χ0n) is 14.1. The van der Waals surface area contributed by atoms with Gasteiger partial charge in [0.25, 0.3) is 0 Å². The van der Waals surface area contributed by atoms with Gasteiger partial charge in [0.1, 0.15) is 24.6 Å². The predicted molar refractivity (Wildman–Crippen MR) is 84.1 cm³/mol. The number of hydrogen-bond acceptors (Lipinski definition) is 5. The van der Waals surface area contributed by atoms with E-state index in [-0.39, 0.29) is 24.2 Å². The zero-order valence-corrected chi connectivity index (χ0v) is 14.1. The number of hydrogen-bond donors (Lipinski definition) is 0. The van der Waals surface area contributed by atoms with E-state index in [2.05, 4.69) is 25.7 Å². The Morgan fingerprint density at radius 1 is 1.39 bits per heavy atom. The van der Waals surface area contributed by atoms with Crippen molar-refractivity contribution in [1.29, 1.82) is 0 Å². The largest absolute Gasteiger partial charge is 0.489 e. The van der Waals surface area contributed by atoms with Gasteiger partial charge in [0.2, 0.25) is 0 Å². The van der Waals surface area contributed by atoms with Crippen LogP contribution in [0, 0.1) is 5.92 Å². The van der Waals surface area contributed by atoms with Crippen LogP contribution in [0.2, 0.25) is 0 Å². The van der Waals surface area contributed by atoms with Gasteiger partial charge < -0.3 is 19.1 Å². The number of nitrogens with zero attached hydrogens (tertiary/aromatic N) is 1.